The van der Waals surface area contributed by atoms with E-state index in [0.717, 1.165) is 25.7 Å². The molecule has 1 aromatic heterocycles. The second-order valence-electron chi connectivity index (χ2n) is 9.93. The van der Waals surface area contributed by atoms with Gasteiger partial charge in [0, 0.05) is 37.0 Å². The SMILES string of the molecule is O=C(C1CCCCC1)N1CCC(C2(c3cccnc3)NC(=O)N(Cc3ccc(F)cc3)C2=O)CC1. The summed E-state index contributed by atoms with van der Waals surface area (Å²) < 4.78 is 13.4. The van der Waals surface area contributed by atoms with E-state index >= 15 is 0 Å². The van der Waals surface area contributed by atoms with Crippen LogP contribution in [0.5, 0.6) is 0 Å². The molecule has 8 heteroatoms. The van der Waals surface area contributed by atoms with Gasteiger partial charge in [0.2, 0.25) is 5.91 Å². The van der Waals surface area contributed by atoms with Gasteiger partial charge < -0.3 is 10.2 Å². The molecule has 4 amide bonds. The number of nitrogens with zero attached hydrogens (tertiary/aromatic N) is 3. The Labute approximate surface area is 204 Å². The summed E-state index contributed by atoms with van der Waals surface area (Å²) in [6, 6.07) is 8.92. The molecule has 0 radical (unpaired) electrons. The summed E-state index contributed by atoms with van der Waals surface area (Å²) in [7, 11) is 0. The molecule has 1 atom stereocenters. The summed E-state index contributed by atoms with van der Waals surface area (Å²) in [5, 5.41) is 3.01. The number of benzene rings is 1. The molecule has 0 bridgehead atoms. The lowest BCUT2D eigenvalue weighted by Crippen LogP contribution is -2.54. The van der Waals surface area contributed by atoms with E-state index in [0.29, 0.717) is 37.1 Å². The highest BCUT2D eigenvalue weighted by atomic mass is 19.1. The predicted molar refractivity (Wildman–Crippen MR) is 127 cm³/mol. The maximum atomic E-state index is 13.9. The lowest BCUT2D eigenvalue weighted by atomic mass is 9.73. The molecule has 3 fully saturated rings. The van der Waals surface area contributed by atoms with Crippen LogP contribution in [0.1, 0.15) is 56.1 Å². The first-order chi connectivity index (χ1) is 17.0. The summed E-state index contributed by atoms with van der Waals surface area (Å²) in [4.78, 5) is 47.5. The van der Waals surface area contributed by atoms with Gasteiger partial charge in [0.05, 0.1) is 6.54 Å². The molecule has 3 heterocycles. The third kappa shape index (κ3) is 4.42. The summed E-state index contributed by atoms with van der Waals surface area (Å²) in [5.41, 5.74) is 0.0903. The molecule has 1 saturated carbocycles. The van der Waals surface area contributed by atoms with Crippen LogP contribution in [-0.2, 0) is 21.7 Å². The van der Waals surface area contributed by atoms with Crippen molar-refractivity contribution in [2.24, 2.45) is 11.8 Å². The zero-order valence-corrected chi connectivity index (χ0v) is 19.8. The van der Waals surface area contributed by atoms with E-state index in [4.69, 9.17) is 0 Å². The highest BCUT2D eigenvalue weighted by Gasteiger charge is 2.57. The number of nitrogens with one attached hydrogen (secondary N) is 1. The van der Waals surface area contributed by atoms with Gasteiger partial charge in [-0.2, -0.15) is 0 Å². The standard InChI is InChI=1S/C27H31FN4O3/c28-23-10-8-19(9-11-23)18-32-25(34)27(30-26(32)35,22-7-4-14-29-17-22)21-12-15-31(16-13-21)24(33)20-5-2-1-3-6-20/h4,7-11,14,17,20-21H,1-3,5-6,12-13,15-16,18H2,(H,30,35). The quantitative estimate of drug-likeness (QED) is 0.659. The Kier molecular flexibility index (Phi) is 6.54. The van der Waals surface area contributed by atoms with Gasteiger partial charge in [0.25, 0.3) is 5.91 Å². The van der Waals surface area contributed by atoms with Gasteiger partial charge in [-0.25, -0.2) is 9.18 Å². The number of hydrogen-bond acceptors (Lipinski definition) is 4. The van der Waals surface area contributed by atoms with E-state index in [1.165, 1.54) is 23.5 Å². The van der Waals surface area contributed by atoms with Crippen molar-refractivity contribution in [2.45, 2.75) is 57.0 Å². The fourth-order valence-electron chi connectivity index (χ4n) is 5.96. The van der Waals surface area contributed by atoms with Crippen molar-refractivity contribution in [3.63, 3.8) is 0 Å². The van der Waals surface area contributed by atoms with Crippen molar-refractivity contribution < 1.29 is 18.8 Å². The molecule has 184 valence electrons. The lowest BCUT2D eigenvalue weighted by molar-refractivity contribution is -0.139. The Balaban J connectivity index is 1.37. The molecular weight excluding hydrogens is 447 g/mol. The molecule has 2 saturated heterocycles. The van der Waals surface area contributed by atoms with Gasteiger partial charge >= 0.3 is 6.03 Å². The Morgan fingerprint density at radius 1 is 1.03 bits per heavy atom. The van der Waals surface area contributed by atoms with Gasteiger partial charge in [-0.3, -0.25) is 19.5 Å². The number of urea groups is 1. The van der Waals surface area contributed by atoms with Gasteiger partial charge in [-0.1, -0.05) is 37.5 Å². The summed E-state index contributed by atoms with van der Waals surface area (Å²) in [5.74, 6) is -0.510. The largest absolute Gasteiger partial charge is 0.342 e. The first-order valence-electron chi connectivity index (χ1n) is 12.6. The van der Waals surface area contributed by atoms with Crippen LogP contribution in [0.25, 0.3) is 0 Å². The number of piperidine rings is 1. The molecule has 2 aromatic rings. The van der Waals surface area contributed by atoms with Crippen molar-refractivity contribution in [3.05, 3.63) is 65.7 Å². The van der Waals surface area contributed by atoms with Crippen LogP contribution in [-0.4, -0.2) is 45.7 Å². The Morgan fingerprint density at radius 3 is 2.40 bits per heavy atom. The second-order valence-corrected chi connectivity index (χ2v) is 9.93. The van der Waals surface area contributed by atoms with Crippen LogP contribution < -0.4 is 5.32 Å². The van der Waals surface area contributed by atoms with E-state index in [2.05, 4.69) is 10.3 Å². The topological polar surface area (TPSA) is 82.6 Å². The van der Waals surface area contributed by atoms with Crippen LogP contribution >= 0.6 is 0 Å². The zero-order chi connectivity index (χ0) is 24.4. The Hall–Kier alpha value is -3.29. The fraction of sp³-hybridized carbons (Fsp3) is 0.481. The third-order valence-electron chi connectivity index (χ3n) is 7.88. The predicted octanol–water partition coefficient (Wildman–Crippen LogP) is 3.99. The minimum Gasteiger partial charge on any atom is -0.342 e. The number of aromatic nitrogens is 1. The molecule has 5 rings (SSSR count). The van der Waals surface area contributed by atoms with Crippen LogP contribution in [0.15, 0.2) is 48.8 Å². The number of pyridine rings is 1. The van der Waals surface area contributed by atoms with Gasteiger partial charge in [0.15, 0.2) is 5.54 Å². The first-order valence-corrected chi connectivity index (χ1v) is 12.6. The average Bonchev–Trinajstić information content (AvgIpc) is 3.16. The molecule has 1 N–H and O–H groups in total. The van der Waals surface area contributed by atoms with Crippen LogP contribution in [0, 0.1) is 17.7 Å². The maximum Gasteiger partial charge on any atom is 0.325 e. The molecule has 1 aromatic carbocycles. The van der Waals surface area contributed by atoms with Gasteiger partial charge in [-0.15, -0.1) is 0 Å². The molecule has 2 aliphatic heterocycles. The maximum absolute atomic E-state index is 13.9. The van der Waals surface area contributed by atoms with Crippen LogP contribution in [0.4, 0.5) is 9.18 Å². The second kappa shape index (κ2) is 9.76. The summed E-state index contributed by atoms with van der Waals surface area (Å²) >= 11 is 0. The van der Waals surface area contributed by atoms with Crippen LogP contribution in [0.2, 0.25) is 0 Å². The molecule has 7 nitrogen and oxygen atoms in total. The number of rotatable bonds is 5. The molecule has 35 heavy (non-hydrogen) atoms. The fourth-order valence-corrected chi connectivity index (χ4v) is 5.96. The lowest BCUT2D eigenvalue weighted by Gasteiger charge is -2.42. The number of likely N-dealkylation sites (tertiary alicyclic amines) is 1. The normalized spacial score (nSPS) is 24.0. The van der Waals surface area contributed by atoms with E-state index < -0.39 is 11.6 Å². The van der Waals surface area contributed by atoms with E-state index in [1.54, 1.807) is 30.6 Å². The van der Waals surface area contributed by atoms with Crippen molar-refractivity contribution in [1.82, 2.24) is 20.1 Å². The average molecular weight is 479 g/mol. The molecule has 0 spiro atoms. The van der Waals surface area contributed by atoms with E-state index in [9.17, 15) is 18.8 Å². The number of halogens is 1. The molecule has 3 aliphatic rings. The van der Waals surface area contributed by atoms with E-state index in [-0.39, 0.29) is 36.0 Å². The number of carbonyl (C=O) groups excluding carboxylic acids is 3. The number of imide groups is 1. The van der Waals surface area contributed by atoms with Crippen molar-refractivity contribution in [1.29, 1.82) is 0 Å². The van der Waals surface area contributed by atoms with E-state index in [1.807, 2.05) is 11.0 Å². The third-order valence-corrected chi connectivity index (χ3v) is 7.88. The Morgan fingerprint density at radius 2 is 1.74 bits per heavy atom. The monoisotopic (exact) mass is 478 g/mol. The molecule has 1 unspecified atom stereocenters. The zero-order valence-electron chi connectivity index (χ0n) is 19.8. The van der Waals surface area contributed by atoms with Gasteiger partial charge in [-0.05, 0) is 55.4 Å². The van der Waals surface area contributed by atoms with Crippen molar-refractivity contribution >= 4 is 17.8 Å². The first kappa shape index (κ1) is 23.5. The summed E-state index contributed by atoms with van der Waals surface area (Å²) in [6.45, 7) is 1.21. The smallest absolute Gasteiger partial charge is 0.325 e. The highest BCUT2D eigenvalue weighted by Crippen LogP contribution is 2.42. The van der Waals surface area contributed by atoms with Crippen LogP contribution in [0.3, 0.4) is 0 Å². The minimum atomic E-state index is -1.23. The van der Waals surface area contributed by atoms with Crippen molar-refractivity contribution in [3.8, 4) is 0 Å². The van der Waals surface area contributed by atoms with Crippen molar-refractivity contribution in [2.75, 3.05) is 13.1 Å². The number of hydrogen-bond donors (Lipinski definition) is 1. The molecule has 1 aliphatic carbocycles. The summed E-state index contributed by atoms with van der Waals surface area (Å²) in [6.07, 6.45) is 9.86. The molecular formula is C27H31FN4O3. The highest BCUT2D eigenvalue weighted by molar-refractivity contribution is 6.07. The van der Waals surface area contributed by atoms with Gasteiger partial charge in [0.1, 0.15) is 5.82 Å². The Bertz CT molecular complexity index is 1080. The number of carbonyl (C=O) groups is 3. The number of amides is 4. The minimum absolute atomic E-state index is 0.0615.